The Hall–Kier alpha value is -2.05. The number of amides is 1. The third kappa shape index (κ3) is 4.56. The number of nitrogens with zero attached hydrogens (tertiary/aromatic N) is 1. The maximum atomic E-state index is 12.7. The smallest absolute Gasteiger partial charge is 0.248 e. The van der Waals surface area contributed by atoms with Gasteiger partial charge in [-0.3, -0.25) is 9.10 Å². The Balaban J connectivity index is 2.35. The molecule has 0 spiro atoms. The van der Waals surface area contributed by atoms with Crippen molar-refractivity contribution in [3.63, 3.8) is 0 Å². The zero-order chi connectivity index (χ0) is 19.6. The molecule has 140 valence electrons. The van der Waals surface area contributed by atoms with E-state index in [2.05, 4.69) is 5.32 Å². The first-order valence-electron chi connectivity index (χ1n) is 8.14. The number of hydrogen-bond acceptors (Lipinski definition) is 3. The maximum Gasteiger partial charge on any atom is 0.248 e. The van der Waals surface area contributed by atoms with E-state index in [9.17, 15) is 13.2 Å². The number of anilines is 2. The Morgan fingerprint density at radius 2 is 1.69 bits per heavy atom. The van der Waals surface area contributed by atoms with Gasteiger partial charge in [-0.05, 0) is 74.7 Å². The maximum absolute atomic E-state index is 12.7. The molecular weight excluding hydrogens is 372 g/mol. The number of carbonyl (C=O) groups excluding carboxylic acids is 1. The minimum atomic E-state index is -3.65. The summed E-state index contributed by atoms with van der Waals surface area (Å²) in [5.41, 5.74) is 3.87. The summed E-state index contributed by atoms with van der Waals surface area (Å²) >= 11 is 5.93. The fourth-order valence-electron chi connectivity index (χ4n) is 2.68. The van der Waals surface area contributed by atoms with Gasteiger partial charge in [-0.25, -0.2) is 8.42 Å². The zero-order valence-electron chi connectivity index (χ0n) is 15.5. The predicted molar refractivity (Wildman–Crippen MR) is 108 cm³/mol. The van der Waals surface area contributed by atoms with Crippen molar-refractivity contribution in [1.82, 2.24) is 0 Å². The number of carbonyl (C=O) groups is 1. The molecule has 1 N–H and O–H groups in total. The quantitative estimate of drug-likeness (QED) is 0.831. The van der Waals surface area contributed by atoms with Crippen molar-refractivity contribution in [2.45, 2.75) is 33.7 Å². The van der Waals surface area contributed by atoms with E-state index in [-0.39, 0.29) is 0 Å². The molecule has 1 amide bonds. The van der Waals surface area contributed by atoms with Crippen LogP contribution in [0, 0.1) is 20.8 Å². The van der Waals surface area contributed by atoms with Crippen LogP contribution in [-0.4, -0.2) is 26.6 Å². The van der Waals surface area contributed by atoms with Crippen molar-refractivity contribution in [2.24, 2.45) is 0 Å². The Kier molecular flexibility index (Phi) is 5.98. The summed E-state index contributed by atoms with van der Waals surface area (Å²) < 4.78 is 25.9. The van der Waals surface area contributed by atoms with Crippen molar-refractivity contribution < 1.29 is 13.2 Å². The highest BCUT2D eigenvalue weighted by molar-refractivity contribution is 7.92. The lowest BCUT2D eigenvalue weighted by Gasteiger charge is -2.29. The van der Waals surface area contributed by atoms with E-state index in [0.29, 0.717) is 16.4 Å². The summed E-state index contributed by atoms with van der Waals surface area (Å²) in [6.07, 6.45) is 1.10. The molecule has 7 heteroatoms. The van der Waals surface area contributed by atoms with Crippen LogP contribution >= 0.6 is 11.6 Å². The lowest BCUT2D eigenvalue weighted by Crippen LogP contribution is -2.45. The average molecular weight is 395 g/mol. The first-order valence-corrected chi connectivity index (χ1v) is 10.4. The summed E-state index contributed by atoms with van der Waals surface area (Å²) in [5, 5.41) is 3.35. The van der Waals surface area contributed by atoms with E-state index < -0.39 is 22.0 Å². The van der Waals surface area contributed by atoms with Crippen LogP contribution in [-0.2, 0) is 14.8 Å². The molecule has 5 nitrogen and oxygen atoms in total. The van der Waals surface area contributed by atoms with Crippen LogP contribution in [0.5, 0.6) is 0 Å². The second-order valence-electron chi connectivity index (χ2n) is 6.45. The molecule has 0 bridgehead atoms. The molecule has 0 fully saturated rings. The summed E-state index contributed by atoms with van der Waals surface area (Å²) in [6.45, 7) is 7.24. The zero-order valence-corrected chi connectivity index (χ0v) is 17.1. The first kappa shape index (κ1) is 20.3. The molecule has 0 saturated carbocycles. The van der Waals surface area contributed by atoms with Crippen molar-refractivity contribution in [2.75, 3.05) is 15.9 Å². The Morgan fingerprint density at radius 1 is 1.04 bits per heavy atom. The number of aryl methyl sites for hydroxylation is 3. The number of rotatable bonds is 5. The minimum Gasteiger partial charge on any atom is -0.324 e. The molecule has 0 aliphatic rings. The van der Waals surface area contributed by atoms with Gasteiger partial charge in [-0.1, -0.05) is 17.7 Å². The van der Waals surface area contributed by atoms with Crippen LogP contribution < -0.4 is 9.62 Å². The van der Waals surface area contributed by atoms with Gasteiger partial charge in [0, 0.05) is 10.7 Å². The molecule has 0 aromatic heterocycles. The highest BCUT2D eigenvalue weighted by Gasteiger charge is 2.29. The van der Waals surface area contributed by atoms with Crippen molar-refractivity contribution in [3.8, 4) is 0 Å². The molecule has 0 aliphatic carbocycles. The fraction of sp³-hybridized carbons (Fsp3) is 0.316. The number of hydrogen-bond donors (Lipinski definition) is 1. The lowest BCUT2D eigenvalue weighted by molar-refractivity contribution is -0.116. The summed E-state index contributed by atoms with van der Waals surface area (Å²) in [4.78, 5) is 12.7. The molecule has 2 rings (SSSR count). The lowest BCUT2D eigenvalue weighted by atomic mass is 10.1. The molecule has 26 heavy (non-hydrogen) atoms. The largest absolute Gasteiger partial charge is 0.324 e. The van der Waals surface area contributed by atoms with Gasteiger partial charge in [0.15, 0.2) is 0 Å². The number of benzene rings is 2. The number of halogens is 1. The second-order valence-corrected chi connectivity index (χ2v) is 8.75. The van der Waals surface area contributed by atoms with E-state index in [1.165, 1.54) is 0 Å². The SMILES string of the molecule is Cc1ccc(N([C@@H](C)C(=O)Nc2ccc(Cl)cc2C)S(C)(=O)=O)cc1C. The van der Waals surface area contributed by atoms with Gasteiger partial charge in [-0.15, -0.1) is 0 Å². The van der Waals surface area contributed by atoms with Gasteiger partial charge >= 0.3 is 0 Å². The summed E-state index contributed by atoms with van der Waals surface area (Å²) in [6, 6.07) is 9.52. The van der Waals surface area contributed by atoms with Gasteiger partial charge in [-0.2, -0.15) is 0 Å². The average Bonchev–Trinajstić information content (AvgIpc) is 2.52. The van der Waals surface area contributed by atoms with Crippen LogP contribution in [0.1, 0.15) is 23.6 Å². The molecule has 0 radical (unpaired) electrons. The summed E-state index contributed by atoms with van der Waals surface area (Å²) in [7, 11) is -3.65. The standard InChI is InChI=1S/C19H23ClN2O3S/c1-12-6-8-17(11-13(12)2)22(26(5,24)25)15(4)19(23)21-18-9-7-16(20)10-14(18)3/h6-11,15H,1-5H3,(H,21,23)/t15-/m0/s1. The van der Waals surface area contributed by atoms with Crippen LogP contribution in [0.3, 0.4) is 0 Å². The van der Waals surface area contributed by atoms with Gasteiger partial charge < -0.3 is 5.32 Å². The normalized spacial score (nSPS) is 12.5. The Labute approximate surface area is 160 Å². The molecule has 2 aromatic carbocycles. The highest BCUT2D eigenvalue weighted by Crippen LogP contribution is 2.25. The van der Waals surface area contributed by atoms with Gasteiger partial charge in [0.25, 0.3) is 0 Å². The monoisotopic (exact) mass is 394 g/mol. The van der Waals surface area contributed by atoms with Crippen LogP contribution in [0.15, 0.2) is 36.4 Å². The van der Waals surface area contributed by atoms with Crippen LogP contribution in [0.25, 0.3) is 0 Å². The molecule has 0 heterocycles. The Bertz CT molecular complexity index is 942. The minimum absolute atomic E-state index is 0.418. The van der Waals surface area contributed by atoms with Crippen molar-refractivity contribution >= 4 is 38.9 Å². The third-order valence-corrected chi connectivity index (χ3v) is 5.76. The van der Waals surface area contributed by atoms with Crippen molar-refractivity contribution in [1.29, 1.82) is 0 Å². The van der Waals surface area contributed by atoms with Gasteiger partial charge in [0.05, 0.1) is 11.9 Å². The molecule has 0 unspecified atom stereocenters. The van der Waals surface area contributed by atoms with E-state index in [4.69, 9.17) is 11.6 Å². The van der Waals surface area contributed by atoms with E-state index in [1.54, 1.807) is 37.3 Å². The number of sulfonamides is 1. The topological polar surface area (TPSA) is 66.5 Å². The van der Waals surface area contributed by atoms with E-state index >= 15 is 0 Å². The molecule has 2 aromatic rings. The van der Waals surface area contributed by atoms with E-state index in [0.717, 1.165) is 27.3 Å². The van der Waals surface area contributed by atoms with Crippen LogP contribution in [0.4, 0.5) is 11.4 Å². The fourth-order valence-corrected chi connectivity index (χ4v) is 4.07. The van der Waals surface area contributed by atoms with Crippen LogP contribution in [0.2, 0.25) is 5.02 Å². The number of nitrogens with one attached hydrogen (secondary N) is 1. The first-order chi connectivity index (χ1) is 12.0. The molecule has 0 saturated heterocycles. The molecular formula is C19H23ClN2O3S. The highest BCUT2D eigenvalue weighted by atomic mass is 35.5. The molecule has 1 atom stereocenters. The van der Waals surface area contributed by atoms with Gasteiger partial charge in [0.1, 0.15) is 6.04 Å². The second kappa shape index (κ2) is 7.68. The van der Waals surface area contributed by atoms with E-state index in [1.807, 2.05) is 26.8 Å². The predicted octanol–water partition coefficient (Wildman–Crippen LogP) is 4.06. The van der Waals surface area contributed by atoms with Gasteiger partial charge in [0.2, 0.25) is 15.9 Å². The Morgan fingerprint density at radius 3 is 2.23 bits per heavy atom. The summed E-state index contributed by atoms with van der Waals surface area (Å²) in [5.74, 6) is -0.418. The van der Waals surface area contributed by atoms with Crippen molar-refractivity contribution in [3.05, 3.63) is 58.1 Å². The molecule has 0 aliphatic heterocycles. The third-order valence-electron chi connectivity index (χ3n) is 4.28.